The maximum atomic E-state index is 5.47. The molecule has 27 heavy (non-hydrogen) atoms. The largest absolute Gasteiger partial charge is 0.497 e. The fourth-order valence-corrected chi connectivity index (χ4v) is 3.11. The van der Waals surface area contributed by atoms with E-state index in [1.165, 1.54) is 0 Å². The molecule has 0 fully saturated rings. The molecule has 0 saturated heterocycles. The number of rotatable bonds is 7. The van der Waals surface area contributed by atoms with Crippen LogP contribution >= 0.6 is 0 Å². The minimum Gasteiger partial charge on any atom is -0.497 e. The highest BCUT2D eigenvalue weighted by molar-refractivity contribution is 5.88. The molecule has 0 atom stereocenters. The number of hydrogen-bond acceptors (Lipinski definition) is 6. The number of fused-ring (bicyclic) bond motifs is 2. The van der Waals surface area contributed by atoms with E-state index in [1.807, 2.05) is 24.3 Å². The van der Waals surface area contributed by atoms with Crippen LogP contribution in [0.2, 0.25) is 0 Å². The summed E-state index contributed by atoms with van der Waals surface area (Å²) in [6.45, 7) is 0.814. The number of methoxy groups -OCH3 is 2. The van der Waals surface area contributed by atoms with E-state index in [-0.39, 0.29) is 0 Å². The van der Waals surface area contributed by atoms with Gasteiger partial charge in [0, 0.05) is 42.2 Å². The van der Waals surface area contributed by atoms with Crippen molar-refractivity contribution in [3.8, 4) is 11.5 Å². The van der Waals surface area contributed by atoms with Gasteiger partial charge in [-0.3, -0.25) is 4.98 Å². The molecule has 0 unspecified atom stereocenters. The molecule has 138 valence electrons. The Hall–Kier alpha value is -3.35. The van der Waals surface area contributed by atoms with Crippen molar-refractivity contribution in [3.63, 3.8) is 0 Å². The fraction of sp³-hybridized carbons (Fsp3) is 0.250. The lowest BCUT2D eigenvalue weighted by molar-refractivity contribution is 0.398. The quantitative estimate of drug-likeness (QED) is 0.488. The molecule has 0 bridgehead atoms. The van der Waals surface area contributed by atoms with Gasteiger partial charge in [-0.05, 0) is 31.0 Å². The Morgan fingerprint density at radius 1 is 1.04 bits per heavy atom. The summed E-state index contributed by atoms with van der Waals surface area (Å²) in [5.74, 6) is 2.40. The standard InChI is InChI=1S/C20H21N5O2/c1-26-14-11-17-15(18(12-14)27-2)10-13(24-17)4-3-7-22-19-6-5-16-20(25-19)23-9-8-21-16/h5-6,8-12,24H,3-4,7H2,1-2H3,(H,22,23,25). The summed E-state index contributed by atoms with van der Waals surface area (Å²) in [4.78, 5) is 16.4. The third-order valence-corrected chi connectivity index (χ3v) is 4.45. The molecule has 7 heteroatoms. The van der Waals surface area contributed by atoms with Crippen molar-refractivity contribution >= 4 is 27.9 Å². The smallest absolute Gasteiger partial charge is 0.180 e. The van der Waals surface area contributed by atoms with Crippen LogP contribution in [0.5, 0.6) is 11.5 Å². The van der Waals surface area contributed by atoms with E-state index in [2.05, 4.69) is 31.3 Å². The molecule has 0 aliphatic carbocycles. The maximum absolute atomic E-state index is 5.47. The van der Waals surface area contributed by atoms with E-state index < -0.39 is 0 Å². The van der Waals surface area contributed by atoms with Crippen molar-refractivity contribution < 1.29 is 9.47 Å². The average molecular weight is 363 g/mol. The van der Waals surface area contributed by atoms with Gasteiger partial charge < -0.3 is 19.8 Å². The Bertz CT molecular complexity index is 1080. The number of aryl methyl sites for hydroxylation is 1. The van der Waals surface area contributed by atoms with Crippen molar-refractivity contribution in [3.05, 3.63) is 48.4 Å². The van der Waals surface area contributed by atoms with Gasteiger partial charge in [-0.15, -0.1) is 0 Å². The minimum atomic E-state index is 0.652. The normalized spacial score (nSPS) is 11.0. The molecule has 0 aliphatic rings. The molecular formula is C20H21N5O2. The van der Waals surface area contributed by atoms with E-state index in [4.69, 9.17) is 9.47 Å². The topological polar surface area (TPSA) is 84.9 Å². The number of aromatic amines is 1. The van der Waals surface area contributed by atoms with E-state index in [0.29, 0.717) is 5.65 Å². The highest BCUT2D eigenvalue weighted by Gasteiger charge is 2.09. The van der Waals surface area contributed by atoms with E-state index in [9.17, 15) is 0 Å². The Morgan fingerprint density at radius 3 is 2.78 bits per heavy atom. The zero-order chi connectivity index (χ0) is 18.6. The van der Waals surface area contributed by atoms with Gasteiger partial charge in [0.15, 0.2) is 5.65 Å². The van der Waals surface area contributed by atoms with Crippen LogP contribution in [0.15, 0.2) is 42.7 Å². The summed E-state index contributed by atoms with van der Waals surface area (Å²) in [5.41, 5.74) is 3.63. The lowest BCUT2D eigenvalue weighted by atomic mass is 10.2. The Morgan fingerprint density at radius 2 is 1.93 bits per heavy atom. The summed E-state index contributed by atoms with van der Waals surface area (Å²) < 4.78 is 10.8. The van der Waals surface area contributed by atoms with Gasteiger partial charge >= 0.3 is 0 Å². The maximum Gasteiger partial charge on any atom is 0.180 e. The summed E-state index contributed by atoms with van der Waals surface area (Å²) in [6, 6.07) is 9.87. The average Bonchev–Trinajstić information content (AvgIpc) is 3.13. The SMILES string of the molecule is COc1cc(OC)c2cc(CCCNc3ccc4nccnc4n3)[nH]c2c1. The third-order valence-electron chi connectivity index (χ3n) is 4.45. The monoisotopic (exact) mass is 363 g/mol. The Labute approximate surface area is 156 Å². The molecule has 0 aliphatic heterocycles. The predicted octanol–water partition coefficient (Wildman–Crippen LogP) is 3.57. The summed E-state index contributed by atoms with van der Waals surface area (Å²) in [5, 5.41) is 4.41. The van der Waals surface area contributed by atoms with Crippen molar-refractivity contribution in [1.82, 2.24) is 19.9 Å². The third kappa shape index (κ3) is 3.62. The van der Waals surface area contributed by atoms with Crippen LogP contribution in [0.3, 0.4) is 0 Å². The van der Waals surface area contributed by atoms with Crippen molar-refractivity contribution in [2.24, 2.45) is 0 Å². The lowest BCUT2D eigenvalue weighted by Gasteiger charge is -2.05. The molecule has 2 N–H and O–H groups in total. The molecule has 4 aromatic rings. The number of pyridine rings is 1. The van der Waals surface area contributed by atoms with Gasteiger partial charge in [-0.1, -0.05) is 0 Å². The molecule has 3 aromatic heterocycles. The van der Waals surface area contributed by atoms with E-state index in [1.54, 1.807) is 26.6 Å². The molecule has 0 radical (unpaired) electrons. The zero-order valence-electron chi connectivity index (χ0n) is 15.3. The highest BCUT2D eigenvalue weighted by Crippen LogP contribution is 2.31. The molecule has 3 heterocycles. The second-order valence-electron chi connectivity index (χ2n) is 6.21. The van der Waals surface area contributed by atoms with Crippen molar-refractivity contribution in [1.29, 1.82) is 0 Å². The summed E-state index contributed by atoms with van der Waals surface area (Å²) >= 11 is 0. The second-order valence-corrected chi connectivity index (χ2v) is 6.21. The molecule has 0 spiro atoms. The van der Waals surface area contributed by atoms with Crippen LogP contribution in [0.1, 0.15) is 12.1 Å². The first-order valence-corrected chi connectivity index (χ1v) is 8.82. The first-order chi connectivity index (χ1) is 13.3. The number of H-pyrrole nitrogens is 1. The van der Waals surface area contributed by atoms with Gasteiger partial charge in [0.25, 0.3) is 0 Å². The lowest BCUT2D eigenvalue weighted by Crippen LogP contribution is -2.05. The van der Waals surface area contributed by atoms with Crippen LogP contribution in [-0.4, -0.2) is 40.7 Å². The minimum absolute atomic E-state index is 0.652. The van der Waals surface area contributed by atoms with Crippen molar-refractivity contribution in [2.45, 2.75) is 12.8 Å². The molecule has 1 aromatic carbocycles. The van der Waals surface area contributed by atoms with Gasteiger partial charge in [0.05, 0.1) is 19.7 Å². The van der Waals surface area contributed by atoms with Gasteiger partial charge in [0.2, 0.25) is 0 Å². The van der Waals surface area contributed by atoms with Gasteiger partial charge in [-0.25, -0.2) is 9.97 Å². The van der Waals surface area contributed by atoms with Crippen LogP contribution in [-0.2, 0) is 6.42 Å². The highest BCUT2D eigenvalue weighted by atomic mass is 16.5. The van der Waals surface area contributed by atoms with E-state index in [0.717, 1.165) is 58.8 Å². The van der Waals surface area contributed by atoms with Gasteiger partial charge in [-0.2, -0.15) is 0 Å². The zero-order valence-corrected chi connectivity index (χ0v) is 15.3. The molecule has 0 amide bonds. The number of aromatic nitrogens is 4. The number of ether oxygens (including phenoxy) is 2. The molecule has 7 nitrogen and oxygen atoms in total. The Kier molecular flexibility index (Phi) is 4.74. The fourth-order valence-electron chi connectivity index (χ4n) is 3.11. The first kappa shape index (κ1) is 17.1. The molecule has 0 saturated carbocycles. The number of hydrogen-bond donors (Lipinski definition) is 2. The molecule has 4 rings (SSSR count). The number of nitrogens with one attached hydrogen (secondary N) is 2. The van der Waals surface area contributed by atoms with Crippen LogP contribution < -0.4 is 14.8 Å². The van der Waals surface area contributed by atoms with Crippen LogP contribution in [0.25, 0.3) is 22.1 Å². The van der Waals surface area contributed by atoms with E-state index >= 15 is 0 Å². The number of benzene rings is 1. The Balaban J connectivity index is 1.39. The molecular weight excluding hydrogens is 342 g/mol. The van der Waals surface area contributed by atoms with Crippen LogP contribution in [0, 0.1) is 0 Å². The predicted molar refractivity (Wildman–Crippen MR) is 106 cm³/mol. The number of nitrogens with zero attached hydrogens (tertiary/aromatic N) is 3. The van der Waals surface area contributed by atoms with Gasteiger partial charge in [0.1, 0.15) is 22.8 Å². The number of anilines is 1. The van der Waals surface area contributed by atoms with Crippen LogP contribution in [0.4, 0.5) is 5.82 Å². The first-order valence-electron chi connectivity index (χ1n) is 8.82. The second kappa shape index (κ2) is 7.49. The summed E-state index contributed by atoms with van der Waals surface area (Å²) in [7, 11) is 3.33. The summed E-state index contributed by atoms with van der Waals surface area (Å²) in [6.07, 6.45) is 5.20. The van der Waals surface area contributed by atoms with Crippen molar-refractivity contribution in [2.75, 3.05) is 26.1 Å².